The van der Waals surface area contributed by atoms with E-state index in [-0.39, 0.29) is 24.4 Å². The number of carbonyl (C=O) groups is 3. The number of methoxy groups -OCH3 is 2. The van der Waals surface area contributed by atoms with Gasteiger partial charge in [0.1, 0.15) is 18.0 Å². The molecule has 4 aromatic carbocycles. The van der Waals surface area contributed by atoms with Crippen molar-refractivity contribution in [3.05, 3.63) is 108 Å². The van der Waals surface area contributed by atoms with Gasteiger partial charge in [-0.15, -0.1) is 0 Å². The first-order valence-electron chi connectivity index (χ1n) is 16.4. The molecular weight excluding hydrogens is 620 g/mol. The highest BCUT2D eigenvalue weighted by Crippen LogP contribution is 2.45. The van der Waals surface area contributed by atoms with E-state index in [2.05, 4.69) is 16.4 Å². The number of amides is 3. The van der Waals surface area contributed by atoms with Gasteiger partial charge in [-0.05, 0) is 77.8 Å². The molecule has 1 saturated carbocycles. The smallest absolute Gasteiger partial charge is 0.264 e. The lowest BCUT2D eigenvalue weighted by atomic mass is 9.77. The Balaban J connectivity index is 1.10. The van der Waals surface area contributed by atoms with Crippen LogP contribution >= 0.6 is 0 Å². The summed E-state index contributed by atoms with van der Waals surface area (Å²) in [4.78, 5) is 43.0. The van der Waals surface area contributed by atoms with Crippen LogP contribution < -0.4 is 14.4 Å². The van der Waals surface area contributed by atoms with E-state index in [0.717, 1.165) is 58.2 Å². The molecule has 1 aliphatic carbocycles. The second kappa shape index (κ2) is 12.3. The van der Waals surface area contributed by atoms with Gasteiger partial charge in [-0.2, -0.15) is 10.2 Å². The van der Waals surface area contributed by atoms with Gasteiger partial charge in [-0.1, -0.05) is 65.9 Å². The molecule has 0 radical (unpaired) electrons. The Kier molecular flexibility index (Phi) is 7.66. The number of allylic oxidation sites excluding steroid dienone is 1. The molecular formula is C38H34N6O5. The molecule has 2 fully saturated rings. The van der Waals surface area contributed by atoms with Gasteiger partial charge < -0.3 is 9.47 Å². The summed E-state index contributed by atoms with van der Waals surface area (Å²) in [6.07, 6.45) is 4.78. The molecule has 0 N–H and O–H groups in total. The SMILES string of the molecule is COc1ccc(/C=C2\CCC[C@@H]3C2=NN(C(=O)CN2N=N[C@@H]4C(=O)N(c5cccc6ccccc56)C(=O)[C@H]42)[C@@H]3c2ccc(OC)cc2)cc1. The van der Waals surface area contributed by atoms with E-state index in [1.54, 1.807) is 25.3 Å². The van der Waals surface area contributed by atoms with Gasteiger partial charge >= 0.3 is 0 Å². The zero-order valence-electron chi connectivity index (χ0n) is 27.1. The highest BCUT2D eigenvalue weighted by atomic mass is 16.5. The van der Waals surface area contributed by atoms with E-state index in [1.165, 1.54) is 9.91 Å². The number of hydrogen-bond donors (Lipinski definition) is 0. The predicted molar refractivity (Wildman–Crippen MR) is 184 cm³/mol. The van der Waals surface area contributed by atoms with Gasteiger partial charge in [-0.3, -0.25) is 19.4 Å². The van der Waals surface area contributed by atoms with E-state index in [0.29, 0.717) is 11.4 Å². The van der Waals surface area contributed by atoms with Crippen LogP contribution in [0.5, 0.6) is 11.5 Å². The normalized spacial score (nSPS) is 23.7. The van der Waals surface area contributed by atoms with Gasteiger partial charge in [0.05, 0.1) is 31.7 Å². The maximum absolute atomic E-state index is 14.3. The number of hydrogen-bond acceptors (Lipinski definition) is 9. The number of fused-ring (bicyclic) bond motifs is 3. The molecule has 49 heavy (non-hydrogen) atoms. The van der Waals surface area contributed by atoms with Crippen molar-refractivity contribution >= 4 is 46.0 Å². The van der Waals surface area contributed by atoms with Crippen LogP contribution in [0.25, 0.3) is 16.8 Å². The Morgan fingerprint density at radius 2 is 1.57 bits per heavy atom. The van der Waals surface area contributed by atoms with Crippen LogP contribution in [0.3, 0.4) is 0 Å². The minimum atomic E-state index is -1.02. The summed E-state index contributed by atoms with van der Waals surface area (Å²) < 4.78 is 10.7. The maximum atomic E-state index is 14.3. The van der Waals surface area contributed by atoms with Gasteiger partial charge in [0.2, 0.25) is 0 Å². The predicted octanol–water partition coefficient (Wildman–Crippen LogP) is 5.97. The number of anilines is 1. The first-order valence-corrected chi connectivity index (χ1v) is 16.4. The standard InChI is InChI=1S/C38H34N6O5/c1-48-27-17-13-23(14-18-27)21-26-9-5-11-30-33(26)40-44(35(30)25-15-19-28(49-2)20-16-25)32(45)22-42-36-34(39-41-42)37(46)43(38(36)47)31-12-6-8-24-7-3-4-10-29(24)31/h3-4,6-8,10,12-21,30,34-36H,5,9,11,22H2,1-2H3/b26-21+/t30-,34+,35-,36+/m1/s1. The molecule has 0 spiro atoms. The van der Waals surface area contributed by atoms with Gasteiger partial charge in [0, 0.05) is 11.3 Å². The van der Waals surface area contributed by atoms with E-state index in [9.17, 15) is 14.4 Å². The van der Waals surface area contributed by atoms with E-state index in [4.69, 9.17) is 14.6 Å². The summed E-state index contributed by atoms with van der Waals surface area (Å²) in [5.74, 6) is 0.217. The number of rotatable bonds is 7. The number of hydrazone groups is 1. The third-order valence-electron chi connectivity index (χ3n) is 9.83. The minimum Gasteiger partial charge on any atom is -0.497 e. The first-order chi connectivity index (χ1) is 23.9. The Bertz CT molecular complexity index is 2050. The second-order valence-corrected chi connectivity index (χ2v) is 12.6. The summed E-state index contributed by atoms with van der Waals surface area (Å²) >= 11 is 0. The molecule has 0 aromatic heterocycles. The van der Waals surface area contributed by atoms with Crippen LogP contribution in [0.4, 0.5) is 5.69 Å². The summed E-state index contributed by atoms with van der Waals surface area (Å²) in [7, 11) is 3.26. The highest BCUT2D eigenvalue weighted by molar-refractivity contribution is 6.27. The molecule has 11 nitrogen and oxygen atoms in total. The Labute approximate surface area is 283 Å². The van der Waals surface area contributed by atoms with Crippen molar-refractivity contribution in [1.82, 2.24) is 10.0 Å². The molecule has 0 bridgehead atoms. The van der Waals surface area contributed by atoms with Crippen LogP contribution in [-0.2, 0) is 14.4 Å². The number of benzene rings is 4. The highest BCUT2D eigenvalue weighted by Gasteiger charge is 2.56. The van der Waals surface area contributed by atoms with Crippen molar-refractivity contribution in [2.24, 2.45) is 21.4 Å². The molecule has 3 aliphatic heterocycles. The molecule has 4 atom stereocenters. The molecule has 0 unspecified atom stereocenters. The fraction of sp³-hybridized carbons (Fsp3) is 0.263. The summed E-state index contributed by atoms with van der Waals surface area (Å²) in [5.41, 5.74) is 4.41. The molecule has 3 amide bonds. The Hall–Kier alpha value is -5.84. The van der Waals surface area contributed by atoms with Crippen LogP contribution in [-0.4, -0.2) is 66.3 Å². The van der Waals surface area contributed by atoms with Crippen molar-refractivity contribution in [3.63, 3.8) is 0 Å². The van der Waals surface area contributed by atoms with Gasteiger partial charge in [0.15, 0.2) is 12.1 Å². The zero-order valence-corrected chi connectivity index (χ0v) is 27.1. The topological polar surface area (TPSA) is 116 Å². The van der Waals surface area contributed by atoms with Crippen LogP contribution in [0.1, 0.15) is 36.4 Å². The molecule has 3 heterocycles. The van der Waals surface area contributed by atoms with E-state index >= 15 is 0 Å². The quantitative estimate of drug-likeness (QED) is 0.227. The van der Waals surface area contributed by atoms with E-state index < -0.39 is 23.9 Å². The Morgan fingerprint density at radius 1 is 0.857 bits per heavy atom. The van der Waals surface area contributed by atoms with Gasteiger partial charge in [-0.25, -0.2) is 9.91 Å². The van der Waals surface area contributed by atoms with Crippen molar-refractivity contribution in [1.29, 1.82) is 0 Å². The molecule has 246 valence electrons. The van der Waals surface area contributed by atoms with Crippen molar-refractivity contribution < 1.29 is 23.9 Å². The Morgan fingerprint density at radius 3 is 2.33 bits per heavy atom. The number of carbonyl (C=O) groups excluding carboxylic acids is 3. The average molecular weight is 655 g/mol. The number of nitrogens with zero attached hydrogens (tertiary/aromatic N) is 6. The maximum Gasteiger partial charge on any atom is 0.264 e. The van der Waals surface area contributed by atoms with Crippen molar-refractivity contribution in [2.45, 2.75) is 37.4 Å². The monoisotopic (exact) mass is 654 g/mol. The molecule has 8 rings (SSSR count). The molecule has 11 heteroatoms. The number of imide groups is 1. The first kappa shape index (κ1) is 30.5. The third-order valence-corrected chi connectivity index (χ3v) is 9.83. The molecule has 1 saturated heterocycles. The van der Waals surface area contributed by atoms with Gasteiger partial charge in [0.25, 0.3) is 17.7 Å². The summed E-state index contributed by atoms with van der Waals surface area (Å²) in [5, 5.41) is 17.9. The summed E-state index contributed by atoms with van der Waals surface area (Å²) in [6, 6.07) is 26.3. The second-order valence-electron chi connectivity index (χ2n) is 12.6. The largest absolute Gasteiger partial charge is 0.497 e. The lowest BCUT2D eigenvalue weighted by Crippen LogP contribution is -2.45. The lowest BCUT2D eigenvalue weighted by Gasteiger charge is -2.30. The van der Waals surface area contributed by atoms with Crippen molar-refractivity contribution in [3.8, 4) is 11.5 Å². The molecule has 4 aliphatic rings. The van der Waals surface area contributed by atoms with Crippen LogP contribution in [0.15, 0.2) is 112 Å². The van der Waals surface area contributed by atoms with E-state index in [1.807, 2.05) is 84.9 Å². The lowest BCUT2D eigenvalue weighted by molar-refractivity contribution is -0.136. The van der Waals surface area contributed by atoms with Crippen molar-refractivity contribution in [2.75, 3.05) is 25.7 Å². The third kappa shape index (κ3) is 5.22. The zero-order chi connectivity index (χ0) is 33.6. The fourth-order valence-electron chi connectivity index (χ4n) is 7.45. The number of ether oxygens (including phenoxy) is 2. The van der Waals surface area contributed by atoms with Crippen LogP contribution in [0, 0.1) is 5.92 Å². The van der Waals surface area contributed by atoms with Crippen LogP contribution in [0.2, 0.25) is 0 Å². The average Bonchev–Trinajstić information content (AvgIpc) is 3.81. The molecule has 4 aromatic rings. The minimum absolute atomic E-state index is 0.0277. The fourth-order valence-corrected chi connectivity index (χ4v) is 7.45. The summed E-state index contributed by atoms with van der Waals surface area (Å²) in [6.45, 7) is -0.263.